The van der Waals surface area contributed by atoms with E-state index in [2.05, 4.69) is 11.3 Å². The van der Waals surface area contributed by atoms with E-state index in [1.165, 1.54) is 4.68 Å². The van der Waals surface area contributed by atoms with Gasteiger partial charge in [0.15, 0.2) is 0 Å². The molecule has 0 aliphatic rings. The summed E-state index contributed by atoms with van der Waals surface area (Å²) in [6.45, 7) is 3.42. The molecule has 0 atom stereocenters. The van der Waals surface area contributed by atoms with Crippen molar-refractivity contribution in [1.82, 2.24) is 9.78 Å². The van der Waals surface area contributed by atoms with Crippen LogP contribution in [0.4, 0.5) is 8.78 Å². The minimum absolute atomic E-state index is 0.326. The molecule has 1 aromatic rings. The molecule has 0 N–H and O–H groups in total. The number of nitrogens with zero attached hydrogens (tertiary/aromatic N) is 2. The predicted molar refractivity (Wildman–Crippen MR) is 41.2 cm³/mol. The molecule has 12 heavy (non-hydrogen) atoms. The minimum atomic E-state index is -2.34. The van der Waals surface area contributed by atoms with Crippen molar-refractivity contribution in [1.29, 1.82) is 0 Å². The Bertz CT molecular complexity index is 256. The highest BCUT2D eigenvalue weighted by atomic mass is 19.3. The van der Waals surface area contributed by atoms with Crippen LogP contribution in [0.25, 0.3) is 0 Å². The van der Waals surface area contributed by atoms with Gasteiger partial charge in [-0.2, -0.15) is 5.10 Å². The summed E-state index contributed by atoms with van der Waals surface area (Å²) in [5.74, 6) is 0. The molecular formula is C8H11F2N2. The minimum Gasteiger partial charge on any atom is -0.263 e. The van der Waals surface area contributed by atoms with Gasteiger partial charge in [0, 0.05) is 5.69 Å². The second kappa shape index (κ2) is 3.65. The van der Waals surface area contributed by atoms with Gasteiger partial charge < -0.3 is 0 Å². The van der Waals surface area contributed by atoms with Gasteiger partial charge in [0.25, 0.3) is 6.43 Å². The first-order chi connectivity index (χ1) is 5.65. The molecular weight excluding hydrogens is 162 g/mol. The second-order valence-corrected chi connectivity index (χ2v) is 2.61. The lowest BCUT2D eigenvalue weighted by molar-refractivity contribution is 0.120. The lowest BCUT2D eigenvalue weighted by atomic mass is 10.2. The van der Waals surface area contributed by atoms with Crippen LogP contribution in [0.2, 0.25) is 0 Å². The quantitative estimate of drug-likeness (QED) is 0.681. The molecule has 1 rings (SSSR count). The third kappa shape index (κ3) is 1.81. The van der Waals surface area contributed by atoms with Crippen LogP contribution >= 0.6 is 0 Å². The average Bonchev–Trinajstić information content (AvgIpc) is 2.30. The molecule has 4 heteroatoms. The van der Waals surface area contributed by atoms with E-state index in [9.17, 15) is 8.78 Å². The zero-order valence-electron chi connectivity index (χ0n) is 7.14. The van der Waals surface area contributed by atoms with Crippen molar-refractivity contribution >= 4 is 0 Å². The summed E-state index contributed by atoms with van der Waals surface area (Å²) in [5.41, 5.74) is 1.70. The maximum absolute atomic E-state index is 12.0. The van der Waals surface area contributed by atoms with Crippen LogP contribution in [0.1, 0.15) is 18.2 Å². The van der Waals surface area contributed by atoms with E-state index in [0.717, 1.165) is 17.7 Å². The van der Waals surface area contributed by atoms with E-state index in [4.69, 9.17) is 0 Å². The van der Waals surface area contributed by atoms with Crippen LogP contribution in [0.15, 0.2) is 0 Å². The molecule has 0 aliphatic heterocycles. The molecule has 0 fully saturated rings. The Hall–Kier alpha value is -0.930. The molecule has 0 aliphatic carbocycles. The summed E-state index contributed by atoms with van der Waals surface area (Å²) in [6.07, 6.45) is 1.05. The third-order valence-electron chi connectivity index (χ3n) is 1.73. The smallest absolute Gasteiger partial charge is 0.257 e. The number of halogens is 2. The first-order valence-corrected chi connectivity index (χ1v) is 3.87. The van der Waals surface area contributed by atoms with E-state index < -0.39 is 6.43 Å². The van der Waals surface area contributed by atoms with Gasteiger partial charge in [0.05, 0.1) is 0 Å². The number of alkyl halides is 2. The molecule has 0 amide bonds. The highest BCUT2D eigenvalue weighted by molar-refractivity contribution is 5.13. The molecule has 0 unspecified atom stereocenters. The number of hydrogen-bond acceptors (Lipinski definition) is 1. The molecule has 0 bridgehead atoms. The number of hydrogen-bond donors (Lipinski definition) is 0. The number of aryl methyl sites for hydroxylation is 1. The largest absolute Gasteiger partial charge is 0.263 e. The van der Waals surface area contributed by atoms with Gasteiger partial charge in [-0.1, -0.05) is 6.92 Å². The lowest BCUT2D eigenvalue weighted by Crippen LogP contribution is -2.11. The Morgan fingerprint density at radius 1 is 1.58 bits per heavy atom. The highest BCUT2D eigenvalue weighted by Gasteiger charge is 2.10. The van der Waals surface area contributed by atoms with E-state index >= 15 is 0 Å². The fourth-order valence-electron chi connectivity index (χ4n) is 1.18. The van der Waals surface area contributed by atoms with Crippen LogP contribution in [-0.4, -0.2) is 16.2 Å². The van der Waals surface area contributed by atoms with Gasteiger partial charge in [-0.05, 0) is 18.9 Å². The van der Waals surface area contributed by atoms with Crippen LogP contribution in [0.3, 0.4) is 0 Å². The maximum Gasteiger partial charge on any atom is 0.257 e. The second-order valence-electron chi connectivity index (χ2n) is 2.61. The van der Waals surface area contributed by atoms with Crippen LogP contribution in [0.5, 0.6) is 0 Å². The van der Waals surface area contributed by atoms with Gasteiger partial charge in [-0.3, -0.25) is 4.68 Å². The van der Waals surface area contributed by atoms with Gasteiger partial charge in [0.2, 0.25) is 0 Å². The third-order valence-corrected chi connectivity index (χ3v) is 1.73. The average molecular weight is 173 g/mol. The zero-order chi connectivity index (χ0) is 9.14. The number of aromatic nitrogens is 2. The standard InChI is InChI=1S/C8H11F2N2/c1-3-7-6(2)4-11-12(7)5-8(9)10/h8H,3,5H2,1-2H3. The van der Waals surface area contributed by atoms with Crippen LogP contribution in [-0.2, 0) is 13.0 Å². The van der Waals surface area contributed by atoms with Gasteiger partial charge in [-0.25, -0.2) is 8.78 Å². The molecule has 1 aromatic heterocycles. The van der Waals surface area contributed by atoms with Crippen molar-refractivity contribution in [2.45, 2.75) is 33.2 Å². The lowest BCUT2D eigenvalue weighted by Gasteiger charge is -2.04. The molecule has 0 saturated heterocycles. The van der Waals surface area contributed by atoms with Gasteiger partial charge in [-0.15, -0.1) is 0 Å². The first-order valence-electron chi connectivity index (χ1n) is 3.87. The predicted octanol–water partition coefficient (Wildman–Crippen LogP) is 1.82. The van der Waals surface area contributed by atoms with E-state index in [1.54, 1.807) is 0 Å². The number of rotatable bonds is 3. The summed E-state index contributed by atoms with van der Waals surface area (Å²) in [7, 11) is 0. The highest BCUT2D eigenvalue weighted by Crippen LogP contribution is 2.08. The Balaban J connectivity index is 2.84. The van der Waals surface area contributed by atoms with Crippen molar-refractivity contribution in [3.05, 3.63) is 17.5 Å². The molecule has 1 radical (unpaired) electrons. The molecule has 67 valence electrons. The Labute approximate surface area is 70.2 Å². The summed E-state index contributed by atoms with van der Waals surface area (Å²) < 4.78 is 25.3. The monoisotopic (exact) mass is 173 g/mol. The van der Waals surface area contributed by atoms with E-state index in [-0.39, 0.29) is 6.54 Å². The molecule has 1 heterocycles. The summed E-state index contributed by atoms with van der Waals surface area (Å²) >= 11 is 0. The van der Waals surface area contributed by atoms with E-state index in [1.807, 2.05) is 13.8 Å². The van der Waals surface area contributed by atoms with Crippen molar-refractivity contribution in [3.8, 4) is 0 Å². The summed E-state index contributed by atoms with van der Waals surface area (Å²) in [5, 5.41) is 3.74. The zero-order valence-corrected chi connectivity index (χ0v) is 7.14. The van der Waals surface area contributed by atoms with E-state index in [0.29, 0.717) is 0 Å². The SMILES string of the molecule is CCc1c(C)[c]nn1CC(F)F. The Morgan fingerprint density at radius 3 is 2.75 bits per heavy atom. The van der Waals surface area contributed by atoms with Crippen molar-refractivity contribution in [3.63, 3.8) is 0 Å². The molecule has 0 aromatic carbocycles. The van der Waals surface area contributed by atoms with Crippen molar-refractivity contribution in [2.24, 2.45) is 0 Å². The van der Waals surface area contributed by atoms with Crippen LogP contribution in [0, 0.1) is 13.1 Å². The normalized spacial score (nSPS) is 11.1. The molecule has 0 spiro atoms. The Morgan fingerprint density at radius 2 is 2.25 bits per heavy atom. The first kappa shape index (κ1) is 9.16. The Kier molecular flexibility index (Phi) is 2.78. The van der Waals surface area contributed by atoms with Crippen molar-refractivity contribution < 1.29 is 8.78 Å². The fraction of sp³-hybridized carbons (Fsp3) is 0.625. The van der Waals surface area contributed by atoms with Crippen LogP contribution < -0.4 is 0 Å². The fourth-order valence-corrected chi connectivity index (χ4v) is 1.18. The molecule has 0 saturated carbocycles. The summed E-state index contributed by atoms with van der Waals surface area (Å²) in [6, 6.07) is 0. The topological polar surface area (TPSA) is 17.8 Å². The molecule has 2 nitrogen and oxygen atoms in total. The van der Waals surface area contributed by atoms with Crippen molar-refractivity contribution in [2.75, 3.05) is 0 Å². The maximum atomic E-state index is 12.0. The summed E-state index contributed by atoms with van der Waals surface area (Å²) in [4.78, 5) is 0. The van der Waals surface area contributed by atoms with Gasteiger partial charge >= 0.3 is 0 Å². The van der Waals surface area contributed by atoms with Gasteiger partial charge in [0.1, 0.15) is 12.7 Å².